The maximum atomic E-state index is 11.8. The van der Waals surface area contributed by atoms with Crippen LogP contribution in [-0.4, -0.2) is 18.5 Å². The molecule has 3 N–H and O–H groups in total. The molecule has 0 aromatic carbocycles. The lowest BCUT2D eigenvalue weighted by atomic mass is 10.2. The number of rotatable bonds is 4. The van der Waals surface area contributed by atoms with Gasteiger partial charge in [0.05, 0.1) is 8.66 Å². The Bertz CT molecular complexity index is 362. The predicted molar refractivity (Wildman–Crippen MR) is 65.1 cm³/mol. The SMILES string of the molecule is NCC(NC(=O)c1ccc(Br)s1)C1CC1. The highest BCUT2D eigenvalue weighted by atomic mass is 79.9. The minimum absolute atomic E-state index is 0.00644. The first-order valence-electron chi connectivity index (χ1n) is 4.97. The Morgan fingerprint density at radius 2 is 2.40 bits per heavy atom. The molecule has 1 saturated carbocycles. The molecule has 0 spiro atoms. The monoisotopic (exact) mass is 288 g/mol. The van der Waals surface area contributed by atoms with Crippen LogP contribution >= 0.6 is 27.3 Å². The average molecular weight is 289 g/mol. The summed E-state index contributed by atoms with van der Waals surface area (Å²) in [6.45, 7) is 0.531. The summed E-state index contributed by atoms with van der Waals surface area (Å²) >= 11 is 4.78. The summed E-state index contributed by atoms with van der Waals surface area (Å²) in [5.74, 6) is 0.593. The number of amides is 1. The van der Waals surface area contributed by atoms with Gasteiger partial charge in [0.1, 0.15) is 0 Å². The highest BCUT2D eigenvalue weighted by Crippen LogP contribution is 2.32. The topological polar surface area (TPSA) is 55.1 Å². The van der Waals surface area contributed by atoms with E-state index in [4.69, 9.17) is 5.73 Å². The van der Waals surface area contributed by atoms with E-state index in [1.54, 1.807) is 0 Å². The minimum Gasteiger partial charge on any atom is -0.347 e. The molecule has 1 aliphatic carbocycles. The van der Waals surface area contributed by atoms with Gasteiger partial charge >= 0.3 is 0 Å². The fraction of sp³-hybridized carbons (Fsp3) is 0.500. The molecule has 1 heterocycles. The van der Waals surface area contributed by atoms with Crippen LogP contribution in [-0.2, 0) is 0 Å². The van der Waals surface area contributed by atoms with Crippen molar-refractivity contribution in [2.24, 2.45) is 11.7 Å². The number of thiophene rings is 1. The fourth-order valence-corrected chi connectivity index (χ4v) is 2.83. The lowest BCUT2D eigenvalue weighted by Gasteiger charge is -2.14. The second-order valence-corrected chi connectivity index (χ2v) is 6.22. The first-order valence-corrected chi connectivity index (χ1v) is 6.58. The van der Waals surface area contributed by atoms with Crippen molar-refractivity contribution in [1.29, 1.82) is 0 Å². The van der Waals surface area contributed by atoms with Crippen LogP contribution in [0.25, 0.3) is 0 Å². The van der Waals surface area contributed by atoms with Gasteiger partial charge in [0.2, 0.25) is 0 Å². The van der Waals surface area contributed by atoms with E-state index in [1.807, 2.05) is 12.1 Å². The Morgan fingerprint density at radius 3 is 2.87 bits per heavy atom. The van der Waals surface area contributed by atoms with Gasteiger partial charge in [-0.25, -0.2) is 0 Å². The van der Waals surface area contributed by atoms with E-state index in [-0.39, 0.29) is 11.9 Å². The van der Waals surface area contributed by atoms with Crippen LogP contribution in [0.1, 0.15) is 22.5 Å². The lowest BCUT2D eigenvalue weighted by Crippen LogP contribution is -2.41. The number of nitrogens with one attached hydrogen (secondary N) is 1. The van der Waals surface area contributed by atoms with Crippen LogP contribution in [0, 0.1) is 5.92 Å². The van der Waals surface area contributed by atoms with Gasteiger partial charge in [-0.05, 0) is 46.8 Å². The molecule has 0 saturated heterocycles. The van der Waals surface area contributed by atoms with Gasteiger partial charge in [-0.3, -0.25) is 4.79 Å². The van der Waals surface area contributed by atoms with Gasteiger partial charge in [0.15, 0.2) is 0 Å². The molecule has 82 valence electrons. The molecule has 1 fully saturated rings. The molecule has 0 aliphatic heterocycles. The number of halogens is 1. The van der Waals surface area contributed by atoms with E-state index < -0.39 is 0 Å². The summed E-state index contributed by atoms with van der Waals surface area (Å²) in [5.41, 5.74) is 5.62. The van der Waals surface area contributed by atoms with E-state index in [0.29, 0.717) is 12.5 Å². The molecule has 5 heteroatoms. The molecule has 0 bridgehead atoms. The summed E-state index contributed by atoms with van der Waals surface area (Å²) < 4.78 is 0.975. The molecular weight excluding hydrogens is 276 g/mol. The van der Waals surface area contributed by atoms with Gasteiger partial charge in [-0.1, -0.05) is 0 Å². The summed E-state index contributed by atoms with van der Waals surface area (Å²) in [6, 6.07) is 3.86. The van der Waals surface area contributed by atoms with Crippen LogP contribution in [0.5, 0.6) is 0 Å². The number of nitrogens with two attached hydrogens (primary N) is 1. The van der Waals surface area contributed by atoms with E-state index in [1.165, 1.54) is 24.2 Å². The molecule has 1 aromatic rings. The Hall–Kier alpha value is -0.390. The van der Waals surface area contributed by atoms with Crippen molar-refractivity contribution < 1.29 is 4.79 Å². The number of hydrogen-bond acceptors (Lipinski definition) is 3. The maximum Gasteiger partial charge on any atom is 0.261 e. The smallest absolute Gasteiger partial charge is 0.261 e. The fourth-order valence-electron chi connectivity index (χ4n) is 1.54. The standard InChI is InChI=1S/C10H13BrN2OS/c11-9-4-3-8(15-9)10(14)13-7(5-12)6-1-2-6/h3-4,6-7H,1-2,5,12H2,(H,13,14). The molecule has 2 rings (SSSR count). The van der Waals surface area contributed by atoms with Crippen molar-refractivity contribution in [3.05, 3.63) is 20.8 Å². The van der Waals surface area contributed by atoms with Crippen molar-refractivity contribution >= 4 is 33.2 Å². The lowest BCUT2D eigenvalue weighted by molar-refractivity contribution is 0.0937. The third kappa shape index (κ3) is 2.80. The molecule has 3 nitrogen and oxygen atoms in total. The van der Waals surface area contributed by atoms with E-state index in [2.05, 4.69) is 21.2 Å². The molecule has 1 aromatic heterocycles. The normalized spacial score (nSPS) is 17.5. The van der Waals surface area contributed by atoms with E-state index in [9.17, 15) is 4.79 Å². The third-order valence-electron chi connectivity index (χ3n) is 2.56. The van der Waals surface area contributed by atoms with Crippen LogP contribution in [0.3, 0.4) is 0 Å². The number of carbonyl (C=O) groups excluding carboxylic acids is 1. The number of hydrogen-bond donors (Lipinski definition) is 2. The predicted octanol–water partition coefficient (Wildman–Crippen LogP) is 1.98. The van der Waals surface area contributed by atoms with Crippen LogP contribution in [0.2, 0.25) is 0 Å². The maximum absolute atomic E-state index is 11.8. The van der Waals surface area contributed by atoms with Gasteiger partial charge < -0.3 is 11.1 Å². The van der Waals surface area contributed by atoms with Crippen LogP contribution in [0.4, 0.5) is 0 Å². The molecule has 1 atom stereocenters. The van der Waals surface area contributed by atoms with Gasteiger partial charge in [-0.2, -0.15) is 0 Å². The van der Waals surface area contributed by atoms with Crippen molar-refractivity contribution in [2.75, 3.05) is 6.54 Å². The van der Waals surface area contributed by atoms with Gasteiger partial charge in [-0.15, -0.1) is 11.3 Å². The second kappa shape index (κ2) is 4.63. The highest BCUT2D eigenvalue weighted by molar-refractivity contribution is 9.11. The summed E-state index contributed by atoms with van der Waals surface area (Å²) in [4.78, 5) is 12.5. The zero-order valence-corrected chi connectivity index (χ0v) is 10.6. The summed E-state index contributed by atoms with van der Waals surface area (Å²) in [7, 11) is 0. The summed E-state index contributed by atoms with van der Waals surface area (Å²) in [5, 5.41) is 2.98. The van der Waals surface area contributed by atoms with Crippen molar-refractivity contribution in [2.45, 2.75) is 18.9 Å². The molecule has 15 heavy (non-hydrogen) atoms. The van der Waals surface area contributed by atoms with Crippen LogP contribution in [0.15, 0.2) is 15.9 Å². The highest BCUT2D eigenvalue weighted by Gasteiger charge is 2.31. The zero-order chi connectivity index (χ0) is 10.8. The molecular formula is C10H13BrN2OS. The van der Waals surface area contributed by atoms with Crippen molar-refractivity contribution in [3.8, 4) is 0 Å². The first kappa shape index (κ1) is 11.1. The molecule has 1 amide bonds. The van der Waals surface area contributed by atoms with Crippen molar-refractivity contribution in [1.82, 2.24) is 5.32 Å². The first-order chi connectivity index (χ1) is 7.20. The quantitative estimate of drug-likeness (QED) is 0.890. The average Bonchev–Trinajstić information content (AvgIpc) is 2.97. The Labute approximate surface area is 101 Å². The molecule has 0 radical (unpaired) electrons. The number of carbonyl (C=O) groups is 1. The van der Waals surface area contributed by atoms with E-state index in [0.717, 1.165) is 8.66 Å². The van der Waals surface area contributed by atoms with Crippen LogP contribution < -0.4 is 11.1 Å². The largest absolute Gasteiger partial charge is 0.347 e. The zero-order valence-electron chi connectivity index (χ0n) is 8.20. The Morgan fingerprint density at radius 1 is 1.67 bits per heavy atom. The Balaban J connectivity index is 1.96. The minimum atomic E-state index is -0.00644. The summed E-state index contributed by atoms with van der Waals surface area (Å²) in [6.07, 6.45) is 2.38. The van der Waals surface area contributed by atoms with Gasteiger partial charge in [0, 0.05) is 12.6 Å². The second-order valence-electron chi connectivity index (χ2n) is 3.76. The van der Waals surface area contributed by atoms with Crippen molar-refractivity contribution in [3.63, 3.8) is 0 Å². The third-order valence-corrected chi connectivity index (χ3v) is 4.18. The molecule has 1 aliphatic rings. The Kier molecular flexibility index (Phi) is 3.43. The van der Waals surface area contributed by atoms with Gasteiger partial charge in [0.25, 0.3) is 5.91 Å². The van der Waals surface area contributed by atoms with E-state index >= 15 is 0 Å². The molecule has 1 unspecified atom stereocenters.